The van der Waals surface area contributed by atoms with Gasteiger partial charge < -0.3 is 9.52 Å². The van der Waals surface area contributed by atoms with E-state index in [1.165, 1.54) is 12.3 Å². The minimum atomic E-state index is -3.75. The maximum atomic E-state index is 12.2. The molecule has 0 aliphatic carbocycles. The van der Waals surface area contributed by atoms with Crippen LogP contribution < -0.4 is 0 Å². The van der Waals surface area contributed by atoms with Crippen LogP contribution in [0.4, 0.5) is 0 Å². The summed E-state index contributed by atoms with van der Waals surface area (Å²) in [6.45, 7) is 0.241. The van der Waals surface area contributed by atoms with Crippen molar-refractivity contribution in [1.29, 1.82) is 0 Å². The SMILES string of the molecule is O=C(O)C1CCCCN1S(=O)(=O)c1ccoc1. The fourth-order valence-corrected chi connectivity index (χ4v) is 3.55. The number of piperidine rings is 1. The third-order valence-corrected chi connectivity index (χ3v) is 4.72. The molecule has 1 aliphatic rings. The largest absolute Gasteiger partial charge is 0.480 e. The van der Waals surface area contributed by atoms with Gasteiger partial charge in [0, 0.05) is 6.54 Å². The normalized spacial score (nSPS) is 22.5. The molecule has 0 saturated carbocycles. The van der Waals surface area contributed by atoms with Crippen LogP contribution in [0.5, 0.6) is 0 Å². The lowest BCUT2D eigenvalue weighted by atomic mass is 10.1. The van der Waals surface area contributed by atoms with Crippen LogP contribution in [0.25, 0.3) is 0 Å². The molecule has 7 heteroatoms. The molecular weight excluding hydrogens is 246 g/mol. The van der Waals surface area contributed by atoms with Crippen LogP contribution in [-0.2, 0) is 14.8 Å². The van der Waals surface area contributed by atoms with Gasteiger partial charge in [-0.15, -0.1) is 0 Å². The molecule has 1 unspecified atom stereocenters. The molecule has 0 aromatic carbocycles. The average Bonchev–Trinajstić information content (AvgIpc) is 2.83. The first-order chi connectivity index (χ1) is 8.03. The highest BCUT2D eigenvalue weighted by Crippen LogP contribution is 2.25. The van der Waals surface area contributed by atoms with Crippen LogP contribution in [0.15, 0.2) is 27.9 Å². The van der Waals surface area contributed by atoms with Crippen LogP contribution in [0.1, 0.15) is 19.3 Å². The Balaban J connectivity index is 2.34. The van der Waals surface area contributed by atoms with E-state index in [1.807, 2.05) is 0 Å². The molecule has 0 bridgehead atoms. The Kier molecular flexibility index (Phi) is 3.21. The fourth-order valence-electron chi connectivity index (χ4n) is 1.97. The maximum Gasteiger partial charge on any atom is 0.322 e. The number of sulfonamides is 1. The van der Waals surface area contributed by atoms with Gasteiger partial charge in [0.05, 0.1) is 6.26 Å². The number of aliphatic carboxylic acids is 1. The van der Waals surface area contributed by atoms with Crippen molar-refractivity contribution in [2.75, 3.05) is 6.54 Å². The number of carboxylic acids is 1. The minimum Gasteiger partial charge on any atom is -0.480 e. The predicted molar refractivity (Wildman–Crippen MR) is 57.9 cm³/mol. The number of furan rings is 1. The molecule has 1 fully saturated rings. The third kappa shape index (κ3) is 2.20. The Labute approximate surface area is 98.9 Å². The molecule has 0 radical (unpaired) electrons. The second-order valence-electron chi connectivity index (χ2n) is 3.92. The lowest BCUT2D eigenvalue weighted by Crippen LogP contribution is -2.47. The van der Waals surface area contributed by atoms with E-state index in [1.54, 1.807) is 0 Å². The van der Waals surface area contributed by atoms with Gasteiger partial charge in [-0.05, 0) is 25.3 Å². The van der Waals surface area contributed by atoms with Crippen molar-refractivity contribution < 1.29 is 22.7 Å². The smallest absolute Gasteiger partial charge is 0.322 e. The summed E-state index contributed by atoms with van der Waals surface area (Å²) in [7, 11) is -3.75. The van der Waals surface area contributed by atoms with Crippen LogP contribution >= 0.6 is 0 Å². The van der Waals surface area contributed by atoms with Crippen LogP contribution in [0, 0.1) is 0 Å². The van der Waals surface area contributed by atoms with Gasteiger partial charge in [-0.1, -0.05) is 0 Å². The summed E-state index contributed by atoms with van der Waals surface area (Å²) < 4.78 is 30.1. The van der Waals surface area contributed by atoms with Crippen molar-refractivity contribution in [3.05, 3.63) is 18.6 Å². The third-order valence-electron chi connectivity index (χ3n) is 2.84. The van der Waals surface area contributed by atoms with Gasteiger partial charge in [0.15, 0.2) is 0 Å². The van der Waals surface area contributed by atoms with Crippen LogP contribution in [0.3, 0.4) is 0 Å². The zero-order chi connectivity index (χ0) is 12.5. The summed E-state index contributed by atoms with van der Waals surface area (Å²) in [5, 5.41) is 9.04. The molecule has 1 atom stereocenters. The van der Waals surface area contributed by atoms with Crippen molar-refractivity contribution in [3.63, 3.8) is 0 Å². The Hall–Kier alpha value is -1.34. The van der Waals surface area contributed by atoms with E-state index in [4.69, 9.17) is 9.52 Å². The Morgan fingerprint density at radius 1 is 1.47 bits per heavy atom. The van der Waals surface area contributed by atoms with Gasteiger partial charge >= 0.3 is 5.97 Å². The van der Waals surface area contributed by atoms with Gasteiger partial charge in [-0.2, -0.15) is 4.31 Å². The van der Waals surface area contributed by atoms with E-state index in [0.717, 1.165) is 17.0 Å². The van der Waals surface area contributed by atoms with E-state index in [-0.39, 0.29) is 11.4 Å². The van der Waals surface area contributed by atoms with Crippen LogP contribution in [-0.4, -0.2) is 36.4 Å². The molecule has 1 saturated heterocycles. The van der Waals surface area contributed by atoms with E-state index < -0.39 is 22.0 Å². The van der Waals surface area contributed by atoms with Gasteiger partial charge in [-0.3, -0.25) is 4.79 Å². The first-order valence-electron chi connectivity index (χ1n) is 5.30. The Morgan fingerprint density at radius 2 is 2.24 bits per heavy atom. The summed E-state index contributed by atoms with van der Waals surface area (Å²) in [6.07, 6.45) is 4.14. The van der Waals surface area contributed by atoms with Crippen molar-refractivity contribution in [2.45, 2.75) is 30.2 Å². The average molecular weight is 259 g/mol. The molecule has 17 heavy (non-hydrogen) atoms. The number of carboxylic acid groups (broad SMARTS) is 1. The van der Waals surface area contributed by atoms with E-state index >= 15 is 0 Å². The summed E-state index contributed by atoms with van der Waals surface area (Å²) >= 11 is 0. The summed E-state index contributed by atoms with van der Waals surface area (Å²) in [5.41, 5.74) is 0. The minimum absolute atomic E-state index is 0.00523. The molecular formula is C10H13NO5S. The molecule has 1 aromatic rings. The first-order valence-corrected chi connectivity index (χ1v) is 6.74. The summed E-state index contributed by atoms with van der Waals surface area (Å²) in [4.78, 5) is 11.1. The van der Waals surface area contributed by atoms with Gasteiger partial charge in [0.2, 0.25) is 10.0 Å². The van der Waals surface area contributed by atoms with E-state index in [9.17, 15) is 13.2 Å². The summed E-state index contributed by atoms with van der Waals surface area (Å²) in [5.74, 6) is -1.10. The van der Waals surface area contributed by atoms with Gasteiger partial charge in [0.25, 0.3) is 0 Å². The zero-order valence-electron chi connectivity index (χ0n) is 9.07. The van der Waals surface area contributed by atoms with Crippen LogP contribution in [0.2, 0.25) is 0 Å². The number of hydrogen-bond acceptors (Lipinski definition) is 4. The maximum absolute atomic E-state index is 12.2. The van der Waals surface area contributed by atoms with Gasteiger partial charge in [-0.25, -0.2) is 8.42 Å². The lowest BCUT2D eigenvalue weighted by Gasteiger charge is -2.31. The molecule has 0 spiro atoms. The number of hydrogen-bond donors (Lipinski definition) is 1. The highest BCUT2D eigenvalue weighted by Gasteiger charge is 2.37. The van der Waals surface area contributed by atoms with Crippen molar-refractivity contribution in [1.82, 2.24) is 4.31 Å². The lowest BCUT2D eigenvalue weighted by molar-refractivity contribution is -0.142. The number of carbonyl (C=O) groups is 1. The second kappa shape index (κ2) is 4.50. The highest BCUT2D eigenvalue weighted by molar-refractivity contribution is 7.89. The Bertz CT molecular complexity index is 493. The number of nitrogens with zero attached hydrogens (tertiary/aromatic N) is 1. The quantitative estimate of drug-likeness (QED) is 0.871. The summed E-state index contributed by atoms with van der Waals surface area (Å²) in [6, 6.07) is 0.353. The Morgan fingerprint density at radius 3 is 2.82 bits per heavy atom. The standard InChI is InChI=1S/C10H13NO5S/c12-10(13)9-3-1-2-5-11(9)17(14,15)8-4-6-16-7-8/h4,6-7,9H,1-3,5H2,(H,12,13). The first kappa shape index (κ1) is 12.1. The molecule has 0 amide bonds. The predicted octanol–water partition coefficient (Wildman–Crippen LogP) is 0.907. The monoisotopic (exact) mass is 259 g/mol. The molecule has 6 nitrogen and oxygen atoms in total. The molecule has 94 valence electrons. The zero-order valence-corrected chi connectivity index (χ0v) is 9.89. The van der Waals surface area contributed by atoms with Crippen molar-refractivity contribution in [3.8, 4) is 0 Å². The highest BCUT2D eigenvalue weighted by atomic mass is 32.2. The van der Waals surface area contributed by atoms with E-state index in [2.05, 4.69) is 0 Å². The van der Waals surface area contributed by atoms with Gasteiger partial charge in [0.1, 0.15) is 17.2 Å². The fraction of sp³-hybridized carbons (Fsp3) is 0.500. The second-order valence-corrected chi connectivity index (χ2v) is 5.82. The number of rotatable bonds is 3. The van der Waals surface area contributed by atoms with E-state index in [0.29, 0.717) is 12.8 Å². The topological polar surface area (TPSA) is 87.8 Å². The molecule has 1 aliphatic heterocycles. The molecule has 1 aromatic heterocycles. The molecule has 1 N–H and O–H groups in total. The van der Waals surface area contributed by atoms with Crippen molar-refractivity contribution >= 4 is 16.0 Å². The molecule has 2 rings (SSSR count). The molecule has 2 heterocycles. The van der Waals surface area contributed by atoms with Crippen molar-refractivity contribution in [2.24, 2.45) is 0 Å².